The summed E-state index contributed by atoms with van der Waals surface area (Å²) in [6, 6.07) is 0.552. The highest BCUT2D eigenvalue weighted by molar-refractivity contribution is 6.00. The third kappa shape index (κ3) is 6.69. The lowest BCUT2D eigenvalue weighted by atomic mass is 9.90. The van der Waals surface area contributed by atoms with E-state index >= 15 is 0 Å². The van der Waals surface area contributed by atoms with E-state index in [0.29, 0.717) is 0 Å². The predicted molar refractivity (Wildman–Crippen MR) is 136 cm³/mol. The Hall–Kier alpha value is -4.31. The van der Waals surface area contributed by atoms with Crippen molar-refractivity contribution in [3.05, 3.63) is 58.9 Å². The highest BCUT2D eigenvalue weighted by Crippen LogP contribution is 2.24. The van der Waals surface area contributed by atoms with Gasteiger partial charge in [-0.2, -0.15) is 18.2 Å². The Balaban J connectivity index is 1.73. The number of phenols is 1. The molecule has 3 amide bonds. The minimum absolute atomic E-state index is 0.0730. The minimum Gasteiger partial charge on any atom is -0.507 e. The summed E-state index contributed by atoms with van der Waals surface area (Å²) in [7, 11) is 0. The topological polar surface area (TPSA) is 176 Å². The fourth-order valence-corrected chi connectivity index (χ4v) is 4.65. The molecule has 2 saturated heterocycles. The number of esters is 1. The van der Waals surface area contributed by atoms with Crippen LogP contribution < -0.4 is 16.0 Å². The number of nitrogens with one attached hydrogen (secondary N) is 3. The van der Waals surface area contributed by atoms with Crippen molar-refractivity contribution >= 4 is 23.7 Å². The largest absolute Gasteiger partial charge is 0.507 e. The first kappa shape index (κ1) is 31.6. The number of ether oxygens (including phenoxy) is 2. The average Bonchev–Trinajstić information content (AvgIpc) is 2.93. The normalized spacial score (nSPS) is 27.1. The van der Waals surface area contributed by atoms with Crippen molar-refractivity contribution in [3.8, 4) is 5.75 Å². The second kappa shape index (κ2) is 12.9. The number of halogens is 4. The van der Waals surface area contributed by atoms with Gasteiger partial charge in [-0.3, -0.25) is 14.4 Å². The van der Waals surface area contributed by atoms with Gasteiger partial charge in [-0.15, -0.1) is 0 Å². The third-order valence-electron chi connectivity index (χ3n) is 7.35. The van der Waals surface area contributed by atoms with Crippen LogP contribution in [0.4, 0.5) is 17.6 Å². The van der Waals surface area contributed by atoms with Crippen LogP contribution in [0.3, 0.4) is 0 Å². The first-order valence-electron chi connectivity index (χ1n) is 13.1. The van der Waals surface area contributed by atoms with Gasteiger partial charge in [0.25, 0.3) is 11.9 Å². The van der Waals surface area contributed by atoms with Crippen LogP contribution in [0.1, 0.15) is 29.8 Å². The van der Waals surface area contributed by atoms with Crippen LogP contribution >= 0.6 is 0 Å². The molecule has 0 bridgehead atoms. The smallest absolute Gasteiger partial charge is 0.329 e. The molecule has 1 aromatic carbocycles. The molecule has 2 aromatic rings. The van der Waals surface area contributed by atoms with Crippen LogP contribution in [-0.2, 0) is 30.3 Å². The zero-order valence-electron chi connectivity index (χ0n) is 22.8. The summed E-state index contributed by atoms with van der Waals surface area (Å²) < 4.78 is 67.0. The number of hydrogen-bond acceptors (Lipinski definition) is 9. The molecule has 0 aliphatic carbocycles. The van der Waals surface area contributed by atoms with Gasteiger partial charge in [0.1, 0.15) is 23.9 Å². The fourth-order valence-electron chi connectivity index (χ4n) is 4.65. The molecule has 2 aliphatic heterocycles. The van der Waals surface area contributed by atoms with Gasteiger partial charge in [-0.05, 0) is 19.1 Å². The Morgan fingerprint density at radius 2 is 1.70 bits per heavy atom. The monoisotopic (exact) mass is 612 g/mol. The number of cyclic esters (lactones) is 1. The molecular formula is C27H28F4N4O8. The Labute approximate surface area is 241 Å². The van der Waals surface area contributed by atoms with Crippen molar-refractivity contribution in [2.75, 3.05) is 13.2 Å². The van der Waals surface area contributed by atoms with E-state index in [0.717, 1.165) is 0 Å². The number of rotatable bonds is 5. The van der Waals surface area contributed by atoms with E-state index in [9.17, 15) is 47.0 Å². The van der Waals surface area contributed by atoms with Crippen LogP contribution in [0.5, 0.6) is 5.75 Å². The second-order valence-corrected chi connectivity index (χ2v) is 10.3. The summed E-state index contributed by atoms with van der Waals surface area (Å²) in [6.07, 6.45) is -4.38. The first-order valence-corrected chi connectivity index (χ1v) is 13.1. The summed E-state index contributed by atoms with van der Waals surface area (Å²) in [5, 5.41) is 28.2. The fraction of sp³-hybridized carbons (Fsp3) is 0.444. The number of phenolic OH excluding ortho intramolecular Hbond substituents is 1. The van der Waals surface area contributed by atoms with E-state index < -0.39 is 107 Å². The molecule has 232 valence electrons. The van der Waals surface area contributed by atoms with Gasteiger partial charge in [-0.25, -0.2) is 9.18 Å². The number of pyridine rings is 1. The maximum atomic E-state index is 14.6. The molecule has 0 radical (unpaired) electrons. The molecule has 3 heterocycles. The molecule has 16 heteroatoms. The molecule has 5 N–H and O–H groups in total. The van der Waals surface area contributed by atoms with Crippen LogP contribution in [0.25, 0.3) is 0 Å². The van der Waals surface area contributed by atoms with Crippen LogP contribution in [0.2, 0.25) is 0 Å². The van der Waals surface area contributed by atoms with Gasteiger partial charge in [0.2, 0.25) is 23.6 Å². The summed E-state index contributed by atoms with van der Waals surface area (Å²) in [6.45, 7) is 2.58. The van der Waals surface area contributed by atoms with Gasteiger partial charge in [0, 0.05) is 17.9 Å². The number of carbonyl (C=O) groups is 4. The first-order chi connectivity index (χ1) is 20.3. The lowest BCUT2D eigenvalue weighted by molar-refractivity contribution is -0.163. The molecule has 6 unspecified atom stereocenters. The number of aliphatic hydroxyl groups is 1. The van der Waals surface area contributed by atoms with Crippen molar-refractivity contribution in [1.82, 2.24) is 20.9 Å². The zero-order chi connectivity index (χ0) is 31.6. The van der Waals surface area contributed by atoms with E-state index in [2.05, 4.69) is 20.9 Å². The highest BCUT2D eigenvalue weighted by Gasteiger charge is 2.43. The van der Waals surface area contributed by atoms with E-state index in [1.54, 1.807) is 0 Å². The van der Waals surface area contributed by atoms with E-state index in [1.165, 1.54) is 38.1 Å². The molecule has 6 atom stereocenters. The van der Waals surface area contributed by atoms with Gasteiger partial charge < -0.3 is 35.6 Å². The summed E-state index contributed by atoms with van der Waals surface area (Å²) in [4.78, 5) is 55.4. The van der Waals surface area contributed by atoms with Gasteiger partial charge in [0.15, 0.2) is 5.82 Å². The summed E-state index contributed by atoms with van der Waals surface area (Å²) in [5.41, 5.74) is -1.39. The Morgan fingerprint density at radius 3 is 2.33 bits per heavy atom. The second-order valence-electron chi connectivity index (χ2n) is 10.3. The molecule has 43 heavy (non-hydrogen) atoms. The number of amides is 3. The maximum absolute atomic E-state index is 14.6. The van der Waals surface area contributed by atoms with Crippen LogP contribution in [0, 0.1) is 35.4 Å². The lowest BCUT2D eigenvalue weighted by Gasteiger charge is -2.37. The maximum Gasteiger partial charge on any atom is 0.329 e. The molecule has 1 aromatic heterocycles. The number of hydrogen-bond donors (Lipinski definition) is 5. The Bertz CT molecular complexity index is 1430. The molecule has 4 rings (SSSR count). The lowest BCUT2D eigenvalue weighted by Crippen LogP contribution is -2.62. The number of nitrogens with zero attached hydrogens (tertiary/aromatic N) is 1. The number of aromatic hydroxyl groups is 1. The molecule has 12 nitrogen and oxygen atoms in total. The van der Waals surface area contributed by atoms with Gasteiger partial charge in [0.05, 0.1) is 36.8 Å². The van der Waals surface area contributed by atoms with E-state index in [1.807, 2.05) is 0 Å². The highest BCUT2D eigenvalue weighted by atomic mass is 19.2. The number of benzene rings is 1. The third-order valence-corrected chi connectivity index (χ3v) is 7.35. The number of carbonyl (C=O) groups excluding carboxylic acids is 4. The molecular weight excluding hydrogens is 584 g/mol. The van der Waals surface area contributed by atoms with Crippen molar-refractivity contribution in [2.24, 2.45) is 11.8 Å². The van der Waals surface area contributed by atoms with Gasteiger partial charge in [-0.1, -0.05) is 19.1 Å². The Morgan fingerprint density at radius 1 is 1.02 bits per heavy atom. The molecule has 2 aliphatic rings. The number of aliphatic hydroxyl groups excluding tert-OH is 1. The average molecular weight is 613 g/mol. The van der Waals surface area contributed by atoms with Crippen molar-refractivity contribution in [2.45, 2.75) is 50.6 Å². The Kier molecular flexibility index (Phi) is 9.49. The quantitative estimate of drug-likeness (QED) is 0.180. The predicted octanol–water partition coefficient (Wildman–Crippen LogP) is 0.243. The van der Waals surface area contributed by atoms with E-state index in [4.69, 9.17) is 9.47 Å². The molecule has 0 saturated carbocycles. The van der Waals surface area contributed by atoms with Gasteiger partial charge >= 0.3 is 5.97 Å². The van der Waals surface area contributed by atoms with Crippen molar-refractivity contribution < 1.29 is 56.4 Å². The standard InChI is InChI=1S/C27H28F4N4O8/c1-10-21(37)15(7-14-17(28)18(29)23(31)35-22(14)30)32-26(40)19(33-25(39)13-5-3-4-6-16(13)36)11(2)43-27(41)20(34-24(10)38)12-8-42-9-12/h3-6,10-12,15,19-21,36-37H,7-9H2,1-2H3,(H,32,40)(H,33,39)(H,34,38). The molecule has 0 spiro atoms. The minimum atomic E-state index is -2.10. The summed E-state index contributed by atoms with van der Waals surface area (Å²) >= 11 is 0. The summed E-state index contributed by atoms with van der Waals surface area (Å²) in [5.74, 6) is -14.3. The zero-order valence-corrected chi connectivity index (χ0v) is 22.8. The number of para-hydroxylation sites is 1. The molecule has 2 fully saturated rings. The van der Waals surface area contributed by atoms with Crippen LogP contribution in [0.15, 0.2) is 24.3 Å². The SMILES string of the molecule is CC1OC(=O)C(C2COC2)NC(=O)C(C)C(O)C(Cc2c(F)nc(F)c(F)c2F)NC(=O)C1NC(=O)c1ccccc1O. The van der Waals surface area contributed by atoms with Crippen molar-refractivity contribution in [1.29, 1.82) is 0 Å². The van der Waals surface area contributed by atoms with E-state index in [-0.39, 0.29) is 18.8 Å². The van der Waals surface area contributed by atoms with Crippen molar-refractivity contribution in [3.63, 3.8) is 0 Å². The van der Waals surface area contributed by atoms with Crippen LogP contribution in [-0.4, -0.2) is 82.4 Å². The number of aromatic nitrogens is 1.